The minimum absolute atomic E-state index is 0.587. The van der Waals surface area contributed by atoms with E-state index >= 15 is 0 Å². The van der Waals surface area contributed by atoms with Gasteiger partial charge in [0.15, 0.2) is 0 Å². The van der Waals surface area contributed by atoms with Gasteiger partial charge in [0, 0.05) is 31.5 Å². The second-order valence-electron chi connectivity index (χ2n) is 3.79. The molecule has 1 aromatic heterocycles. The summed E-state index contributed by atoms with van der Waals surface area (Å²) in [5.74, 6) is 0.697. The van der Waals surface area contributed by atoms with Crippen LogP contribution in [0.1, 0.15) is 20.8 Å². The van der Waals surface area contributed by atoms with E-state index in [1.807, 2.05) is 18.7 Å². The molecule has 3 nitrogen and oxygen atoms in total. The molecule has 0 aliphatic rings. The molecule has 0 saturated carbocycles. The number of aromatic nitrogens is 2. The lowest BCUT2D eigenvalue weighted by atomic mass is 10.1. The Bertz CT molecular complexity index is 216. The molecule has 0 aliphatic carbocycles. The quantitative estimate of drug-likeness (QED) is 0.746. The maximum Gasteiger partial charge on any atom is 0.0946 e. The molecule has 0 bridgehead atoms. The molecule has 1 atom stereocenters. The second kappa shape index (κ2) is 5.02. The molecule has 1 N–H and O–H groups in total. The van der Waals surface area contributed by atoms with Crippen molar-refractivity contribution < 1.29 is 0 Å². The summed E-state index contributed by atoms with van der Waals surface area (Å²) in [5.41, 5.74) is 0. The molecule has 1 aromatic rings. The van der Waals surface area contributed by atoms with Gasteiger partial charge in [-0.05, 0) is 12.8 Å². The normalized spacial score (nSPS) is 13.5. The SMILES string of the molecule is CC(C)C(C)NCCn1ccnc1. The largest absolute Gasteiger partial charge is 0.336 e. The van der Waals surface area contributed by atoms with Gasteiger partial charge in [0.25, 0.3) is 0 Å². The predicted molar refractivity (Wildman–Crippen MR) is 54.5 cm³/mol. The van der Waals surface area contributed by atoms with Crippen molar-refractivity contribution in [1.82, 2.24) is 14.9 Å². The molecule has 0 aromatic carbocycles. The molecule has 0 amide bonds. The van der Waals surface area contributed by atoms with E-state index in [-0.39, 0.29) is 0 Å². The third kappa shape index (κ3) is 3.59. The molecule has 0 saturated heterocycles. The molecule has 1 rings (SSSR count). The monoisotopic (exact) mass is 181 g/mol. The number of hydrogen-bond donors (Lipinski definition) is 1. The molecule has 1 unspecified atom stereocenters. The standard InChI is InChI=1S/C10H19N3/c1-9(2)10(3)12-5-7-13-6-4-11-8-13/h4,6,8-10,12H,5,7H2,1-3H3. The Hall–Kier alpha value is -0.830. The van der Waals surface area contributed by atoms with Crippen LogP contribution < -0.4 is 5.32 Å². The van der Waals surface area contributed by atoms with E-state index < -0.39 is 0 Å². The summed E-state index contributed by atoms with van der Waals surface area (Å²) < 4.78 is 2.08. The van der Waals surface area contributed by atoms with Crippen LogP contribution in [0.15, 0.2) is 18.7 Å². The molecule has 13 heavy (non-hydrogen) atoms. The minimum Gasteiger partial charge on any atom is -0.336 e. The zero-order valence-corrected chi connectivity index (χ0v) is 8.70. The molecule has 0 spiro atoms. The fourth-order valence-corrected chi connectivity index (χ4v) is 1.08. The number of nitrogens with one attached hydrogen (secondary N) is 1. The summed E-state index contributed by atoms with van der Waals surface area (Å²) in [4.78, 5) is 3.99. The van der Waals surface area contributed by atoms with Gasteiger partial charge in [0.05, 0.1) is 6.33 Å². The van der Waals surface area contributed by atoms with Crippen LogP contribution in [0.3, 0.4) is 0 Å². The van der Waals surface area contributed by atoms with Crippen molar-refractivity contribution in [2.24, 2.45) is 5.92 Å². The van der Waals surface area contributed by atoms with Gasteiger partial charge >= 0.3 is 0 Å². The average Bonchev–Trinajstić information content (AvgIpc) is 2.56. The van der Waals surface area contributed by atoms with Crippen LogP contribution >= 0.6 is 0 Å². The molecular weight excluding hydrogens is 162 g/mol. The molecule has 74 valence electrons. The molecule has 0 aliphatic heterocycles. The first-order chi connectivity index (χ1) is 6.20. The zero-order chi connectivity index (χ0) is 9.68. The fraction of sp³-hybridized carbons (Fsp3) is 0.700. The highest BCUT2D eigenvalue weighted by molar-refractivity contribution is 4.74. The Balaban J connectivity index is 2.14. The molecule has 1 heterocycles. The predicted octanol–water partition coefficient (Wildman–Crippen LogP) is 1.52. The van der Waals surface area contributed by atoms with E-state index in [0.717, 1.165) is 13.1 Å². The summed E-state index contributed by atoms with van der Waals surface area (Å²) in [5, 5.41) is 3.47. The van der Waals surface area contributed by atoms with Gasteiger partial charge in [-0.15, -0.1) is 0 Å². The summed E-state index contributed by atoms with van der Waals surface area (Å²) in [6.07, 6.45) is 5.65. The Morgan fingerprint density at radius 2 is 2.15 bits per heavy atom. The van der Waals surface area contributed by atoms with Crippen molar-refractivity contribution >= 4 is 0 Å². The van der Waals surface area contributed by atoms with Crippen molar-refractivity contribution in [3.63, 3.8) is 0 Å². The summed E-state index contributed by atoms with van der Waals surface area (Å²) in [7, 11) is 0. The van der Waals surface area contributed by atoms with E-state index in [0.29, 0.717) is 12.0 Å². The van der Waals surface area contributed by atoms with E-state index in [1.165, 1.54) is 0 Å². The topological polar surface area (TPSA) is 29.9 Å². The molecular formula is C10H19N3. The third-order valence-corrected chi connectivity index (χ3v) is 2.40. The number of hydrogen-bond acceptors (Lipinski definition) is 2. The van der Waals surface area contributed by atoms with Crippen molar-refractivity contribution in [2.45, 2.75) is 33.4 Å². The number of nitrogens with zero attached hydrogens (tertiary/aromatic N) is 2. The maximum absolute atomic E-state index is 3.99. The van der Waals surface area contributed by atoms with Gasteiger partial charge in [-0.25, -0.2) is 4.98 Å². The lowest BCUT2D eigenvalue weighted by molar-refractivity contribution is 0.416. The second-order valence-corrected chi connectivity index (χ2v) is 3.79. The molecule has 3 heteroatoms. The smallest absolute Gasteiger partial charge is 0.0946 e. The van der Waals surface area contributed by atoms with Gasteiger partial charge in [-0.3, -0.25) is 0 Å². The van der Waals surface area contributed by atoms with Crippen LogP contribution in [0.25, 0.3) is 0 Å². The summed E-state index contributed by atoms with van der Waals surface area (Å²) in [6.45, 7) is 8.69. The van der Waals surface area contributed by atoms with Gasteiger partial charge < -0.3 is 9.88 Å². The van der Waals surface area contributed by atoms with Gasteiger partial charge in [-0.2, -0.15) is 0 Å². The Kier molecular flexibility index (Phi) is 3.96. The third-order valence-electron chi connectivity index (χ3n) is 2.40. The van der Waals surface area contributed by atoms with Crippen LogP contribution in [0.4, 0.5) is 0 Å². The van der Waals surface area contributed by atoms with E-state index in [4.69, 9.17) is 0 Å². The first kappa shape index (κ1) is 10.3. The molecule has 0 radical (unpaired) electrons. The fourth-order valence-electron chi connectivity index (χ4n) is 1.08. The average molecular weight is 181 g/mol. The molecule has 0 fully saturated rings. The maximum atomic E-state index is 3.99. The van der Waals surface area contributed by atoms with E-state index in [9.17, 15) is 0 Å². The van der Waals surface area contributed by atoms with Gasteiger partial charge in [0.2, 0.25) is 0 Å². The first-order valence-corrected chi connectivity index (χ1v) is 4.89. The van der Waals surface area contributed by atoms with Crippen LogP contribution in [0, 0.1) is 5.92 Å². The van der Waals surface area contributed by atoms with Crippen LogP contribution in [-0.2, 0) is 6.54 Å². The van der Waals surface area contributed by atoms with E-state index in [2.05, 4.69) is 35.6 Å². The van der Waals surface area contributed by atoms with Crippen LogP contribution in [0.5, 0.6) is 0 Å². The first-order valence-electron chi connectivity index (χ1n) is 4.89. The highest BCUT2D eigenvalue weighted by Crippen LogP contribution is 1.98. The van der Waals surface area contributed by atoms with Gasteiger partial charge in [-0.1, -0.05) is 13.8 Å². The van der Waals surface area contributed by atoms with Crippen LogP contribution in [0.2, 0.25) is 0 Å². The Labute approximate surface area is 80.2 Å². The Morgan fingerprint density at radius 1 is 1.38 bits per heavy atom. The minimum atomic E-state index is 0.587. The van der Waals surface area contributed by atoms with Crippen molar-refractivity contribution in [3.05, 3.63) is 18.7 Å². The number of imidazole rings is 1. The van der Waals surface area contributed by atoms with E-state index in [1.54, 1.807) is 0 Å². The van der Waals surface area contributed by atoms with Gasteiger partial charge in [0.1, 0.15) is 0 Å². The summed E-state index contributed by atoms with van der Waals surface area (Å²) in [6, 6.07) is 0.587. The van der Waals surface area contributed by atoms with Crippen LogP contribution in [-0.4, -0.2) is 22.1 Å². The lowest BCUT2D eigenvalue weighted by Gasteiger charge is -2.17. The Morgan fingerprint density at radius 3 is 2.69 bits per heavy atom. The summed E-state index contributed by atoms with van der Waals surface area (Å²) >= 11 is 0. The van der Waals surface area contributed by atoms with Crippen molar-refractivity contribution in [1.29, 1.82) is 0 Å². The lowest BCUT2D eigenvalue weighted by Crippen LogP contribution is -2.33. The van der Waals surface area contributed by atoms with Crippen molar-refractivity contribution in [2.75, 3.05) is 6.54 Å². The number of rotatable bonds is 5. The highest BCUT2D eigenvalue weighted by atomic mass is 15.0. The van der Waals surface area contributed by atoms with Crippen molar-refractivity contribution in [3.8, 4) is 0 Å². The zero-order valence-electron chi connectivity index (χ0n) is 8.70. The highest BCUT2D eigenvalue weighted by Gasteiger charge is 2.04.